The smallest absolute Gasteiger partial charge is 0.307 e. The number of hydrogen-bond donors (Lipinski definition) is 3. The largest absolute Gasteiger partial charge is 0.481 e. The van der Waals surface area contributed by atoms with Crippen molar-refractivity contribution < 1.29 is 28.3 Å². The van der Waals surface area contributed by atoms with Gasteiger partial charge >= 0.3 is 5.97 Å². The summed E-state index contributed by atoms with van der Waals surface area (Å²) in [5.41, 5.74) is 3.97. The topological polar surface area (TPSA) is 112 Å². The molecule has 1 amide bonds. The van der Waals surface area contributed by atoms with Crippen LogP contribution in [0.2, 0.25) is 0 Å². The van der Waals surface area contributed by atoms with Crippen LogP contribution >= 0.6 is 0 Å². The minimum absolute atomic E-state index is 0.0747. The first-order valence-electron chi connectivity index (χ1n) is 10.9. The number of carbonyl (C=O) groups excluding carboxylic acids is 2. The van der Waals surface area contributed by atoms with E-state index < -0.39 is 36.1 Å². The van der Waals surface area contributed by atoms with Gasteiger partial charge in [0.05, 0.1) is 11.6 Å². The first kappa shape index (κ1) is 21.9. The molecule has 0 spiro atoms. The summed E-state index contributed by atoms with van der Waals surface area (Å²) in [7, 11) is 0. The summed E-state index contributed by atoms with van der Waals surface area (Å²) in [4.78, 5) is 44.0. The number of anilines is 1. The van der Waals surface area contributed by atoms with Gasteiger partial charge in [-0.1, -0.05) is 30.3 Å². The standard InChI is InChI=1S/C25H21F2N3O4/c26-25(27)12-17(25)23(32)30-20-11-14(6-7-28-20)22-16(8-13-4-2-1-3-5-13)21-18(29-22)9-15(24(33)34)10-19(21)31/h1-7,11,15,17,29H,8-10,12H2,(H,33,34)(H,28,30,32). The molecule has 9 heteroatoms. The minimum Gasteiger partial charge on any atom is -0.481 e. The number of amides is 1. The summed E-state index contributed by atoms with van der Waals surface area (Å²) in [5.74, 6) is -7.06. The van der Waals surface area contributed by atoms with Crippen LogP contribution in [0.4, 0.5) is 14.6 Å². The van der Waals surface area contributed by atoms with Crippen molar-refractivity contribution in [3.05, 3.63) is 71.0 Å². The number of aliphatic carboxylic acids is 1. The first-order valence-corrected chi connectivity index (χ1v) is 10.9. The molecule has 1 aromatic carbocycles. The number of pyridine rings is 1. The lowest BCUT2D eigenvalue weighted by molar-refractivity contribution is -0.141. The molecule has 2 heterocycles. The second-order valence-electron chi connectivity index (χ2n) is 8.80. The van der Waals surface area contributed by atoms with E-state index in [2.05, 4.69) is 15.3 Å². The highest BCUT2D eigenvalue weighted by Crippen LogP contribution is 2.49. The van der Waals surface area contributed by atoms with Gasteiger partial charge in [-0.2, -0.15) is 0 Å². The molecular weight excluding hydrogens is 444 g/mol. The van der Waals surface area contributed by atoms with Crippen LogP contribution in [0.3, 0.4) is 0 Å². The van der Waals surface area contributed by atoms with Crippen molar-refractivity contribution >= 4 is 23.5 Å². The second kappa shape index (κ2) is 8.16. The number of carbonyl (C=O) groups is 3. The van der Waals surface area contributed by atoms with Crippen molar-refractivity contribution in [3.63, 3.8) is 0 Å². The fraction of sp³-hybridized carbons (Fsp3) is 0.280. The fourth-order valence-electron chi connectivity index (χ4n) is 4.49. The number of rotatable bonds is 6. The summed E-state index contributed by atoms with van der Waals surface area (Å²) >= 11 is 0. The predicted octanol–water partition coefficient (Wildman–Crippen LogP) is 4.09. The summed E-state index contributed by atoms with van der Waals surface area (Å²) in [6.45, 7) is 0. The number of nitrogens with zero attached hydrogens (tertiary/aromatic N) is 1. The Balaban J connectivity index is 1.53. The average Bonchev–Trinajstić information content (AvgIpc) is 3.29. The molecule has 2 aliphatic rings. The minimum atomic E-state index is -2.98. The number of benzene rings is 1. The van der Waals surface area contributed by atoms with E-state index in [0.717, 1.165) is 11.1 Å². The Kier molecular flexibility index (Phi) is 5.27. The van der Waals surface area contributed by atoms with E-state index in [1.54, 1.807) is 12.1 Å². The van der Waals surface area contributed by atoms with Gasteiger partial charge in [-0.3, -0.25) is 14.4 Å². The van der Waals surface area contributed by atoms with E-state index in [0.29, 0.717) is 28.9 Å². The van der Waals surface area contributed by atoms with Gasteiger partial charge in [0.1, 0.15) is 11.7 Å². The maximum absolute atomic E-state index is 13.2. The Morgan fingerprint density at radius 1 is 1.18 bits per heavy atom. The molecule has 2 atom stereocenters. The van der Waals surface area contributed by atoms with Crippen LogP contribution in [-0.4, -0.2) is 38.7 Å². The molecule has 0 aliphatic heterocycles. The fourth-order valence-corrected chi connectivity index (χ4v) is 4.49. The third-order valence-corrected chi connectivity index (χ3v) is 6.36. The zero-order valence-corrected chi connectivity index (χ0v) is 18.0. The zero-order valence-electron chi connectivity index (χ0n) is 18.0. The normalized spacial score (nSPS) is 20.5. The summed E-state index contributed by atoms with van der Waals surface area (Å²) in [5, 5.41) is 11.9. The third-order valence-electron chi connectivity index (χ3n) is 6.36. The van der Waals surface area contributed by atoms with Crippen LogP contribution in [0.15, 0.2) is 48.7 Å². The van der Waals surface area contributed by atoms with Crippen molar-refractivity contribution in [2.24, 2.45) is 11.8 Å². The molecule has 34 heavy (non-hydrogen) atoms. The van der Waals surface area contributed by atoms with E-state index in [4.69, 9.17) is 0 Å². The molecule has 0 bridgehead atoms. The van der Waals surface area contributed by atoms with Crippen molar-refractivity contribution in [2.45, 2.75) is 31.6 Å². The van der Waals surface area contributed by atoms with Gasteiger partial charge in [0.25, 0.3) is 5.92 Å². The SMILES string of the molecule is O=C1CC(C(=O)O)Cc2[nH]c(-c3ccnc(NC(=O)C4CC4(F)F)c3)c(Cc3ccccc3)c21. The number of hydrogen-bond acceptors (Lipinski definition) is 4. The van der Waals surface area contributed by atoms with Crippen LogP contribution in [-0.2, 0) is 22.4 Å². The highest BCUT2D eigenvalue weighted by Gasteiger charge is 2.61. The van der Waals surface area contributed by atoms with Gasteiger partial charge in [0, 0.05) is 48.7 Å². The maximum Gasteiger partial charge on any atom is 0.307 e. The molecular formula is C25H21F2N3O4. The Labute approximate surface area is 193 Å². The van der Waals surface area contributed by atoms with Crippen molar-refractivity contribution in [2.75, 3.05) is 5.32 Å². The highest BCUT2D eigenvalue weighted by atomic mass is 19.3. The number of carboxylic acid groups (broad SMARTS) is 1. The Bertz CT molecular complexity index is 1300. The maximum atomic E-state index is 13.2. The quantitative estimate of drug-likeness (QED) is 0.508. The van der Waals surface area contributed by atoms with Gasteiger partial charge in [0.15, 0.2) is 5.78 Å². The molecule has 2 unspecified atom stereocenters. The van der Waals surface area contributed by atoms with Crippen molar-refractivity contribution in [1.82, 2.24) is 9.97 Å². The lowest BCUT2D eigenvalue weighted by atomic mass is 9.84. The van der Waals surface area contributed by atoms with Gasteiger partial charge in [0.2, 0.25) is 5.91 Å². The van der Waals surface area contributed by atoms with E-state index >= 15 is 0 Å². The predicted molar refractivity (Wildman–Crippen MR) is 119 cm³/mol. The van der Waals surface area contributed by atoms with Gasteiger partial charge in [-0.15, -0.1) is 0 Å². The molecule has 1 saturated carbocycles. The van der Waals surface area contributed by atoms with Crippen LogP contribution < -0.4 is 5.32 Å². The molecule has 1 fully saturated rings. The van der Waals surface area contributed by atoms with E-state index in [9.17, 15) is 28.3 Å². The lowest BCUT2D eigenvalue weighted by Gasteiger charge is -2.18. The van der Waals surface area contributed by atoms with Crippen molar-refractivity contribution in [3.8, 4) is 11.3 Å². The van der Waals surface area contributed by atoms with Crippen molar-refractivity contribution in [1.29, 1.82) is 0 Å². The number of H-pyrrole nitrogens is 1. The van der Waals surface area contributed by atoms with E-state index in [-0.39, 0.29) is 24.4 Å². The molecule has 3 aromatic rings. The molecule has 0 radical (unpaired) electrons. The number of nitrogens with one attached hydrogen (secondary N) is 2. The molecule has 5 rings (SSSR count). The Hall–Kier alpha value is -3.88. The highest BCUT2D eigenvalue weighted by molar-refractivity contribution is 6.03. The number of alkyl halides is 2. The van der Waals surface area contributed by atoms with Crippen LogP contribution in [0.25, 0.3) is 11.3 Å². The molecule has 0 saturated heterocycles. The van der Waals surface area contributed by atoms with Gasteiger partial charge in [-0.05, 0) is 23.3 Å². The molecule has 7 nitrogen and oxygen atoms in total. The van der Waals surface area contributed by atoms with Gasteiger partial charge < -0.3 is 15.4 Å². The number of ketones is 1. The molecule has 2 aliphatic carbocycles. The first-order chi connectivity index (χ1) is 16.2. The lowest BCUT2D eigenvalue weighted by Crippen LogP contribution is -2.26. The van der Waals surface area contributed by atoms with E-state index in [1.165, 1.54) is 6.20 Å². The Morgan fingerprint density at radius 2 is 1.91 bits per heavy atom. The summed E-state index contributed by atoms with van der Waals surface area (Å²) in [6.07, 6.45) is 1.53. The monoisotopic (exact) mass is 465 g/mol. The van der Waals surface area contributed by atoms with Crippen LogP contribution in [0, 0.1) is 11.8 Å². The molecule has 174 valence electrons. The summed E-state index contributed by atoms with van der Waals surface area (Å²) in [6, 6.07) is 12.8. The number of halogens is 2. The number of aromatic nitrogens is 2. The summed E-state index contributed by atoms with van der Waals surface area (Å²) < 4.78 is 26.5. The zero-order chi connectivity index (χ0) is 24.0. The van der Waals surface area contributed by atoms with Crippen LogP contribution in [0.5, 0.6) is 0 Å². The second-order valence-corrected chi connectivity index (χ2v) is 8.80. The number of aromatic amines is 1. The number of Topliss-reactive ketones (excluding diaryl/α,β-unsaturated/α-hetero) is 1. The van der Waals surface area contributed by atoms with Gasteiger partial charge in [-0.25, -0.2) is 13.8 Å². The third kappa shape index (κ3) is 4.09. The Morgan fingerprint density at radius 3 is 2.59 bits per heavy atom. The average molecular weight is 465 g/mol. The number of fused-ring (bicyclic) bond motifs is 1. The van der Waals surface area contributed by atoms with E-state index in [1.807, 2.05) is 30.3 Å². The molecule has 2 aromatic heterocycles. The van der Waals surface area contributed by atoms with Crippen LogP contribution in [0.1, 0.15) is 40.0 Å². The number of carboxylic acids is 1. The molecule has 3 N–H and O–H groups in total.